The number of carbonyl (C=O) groups excluding carboxylic acids is 1. The molecule has 0 aliphatic carbocycles. The second-order valence-electron chi connectivity index (χ2n) is 4.09. The molecule has 1 aliphatic rings. The third-order valence-corrected chi connectivity index (χ3v) is 2.99. The lowest BCUT2D eigenvalue weighted by molar-refractivity contribution is 0.0893. The maximum absolute atomic E-state index is 12.2. The number of hydrogen-bond donors (Lipinski definition) is 1. The molecule has 0 saturated carbocycles. The molecule has 4 nitrogen and oxygen atoms in total. The van der Waals surface area contributed by atoms with Crippen LogP contribution in [0.15, 0.2) is 4.52 Å². The van der Waals surface area contributed by atoms with E-state index in [1.807, 2.05) is 6.92 Å². The molecule has 1 saturated heterocycles. The van der Waals surface area contributed by atoms with Crippen LogP contribution in [0.4, 0.5) is 0 Å². The molecule has 82 valence electrons. The van der Waals surface area contributed by atoms with Crippen molar-refractivity contribution < 1.29 is 9.32 Å². The molecule has 1 fully saturated rings. The summed E-state index contributed by atoms with van der Waals surface area (Å²) in [4.78, 5) is 12.2. The fraction of sp³-hybridized carbons (Fsp3) is 0.636. The minimum atomic E-state index is 0.142. The van der Waals surface area contributed by atoms with Crippen molar-refractivity contribution in [3.63, 3.8) is 0 Å². The molecule has 1 aromatic heterocycles. The van der Waals surface area contributed by atoms with Crippen LogP contribution >= 0.6 is 0 Å². The van der Waals surface area contributed by atoms with Crippen LogP contribution in [0, 0.1) is 19.8 Å². The average molecular weight is 208 g/mol. The minimum absolute atomic E-state index is 0.142. The van der Waals surface area contributed by atoms with Crippen LogP contribution in [-0.2, 0) is 0 Å². The third kappa shape index (κ3) is 1.95. The van der Waals surface area contributed by atoms with Gasteiger partial charge in [-0.1, -0.05) is 5.16 Å². The topological polar surface area (TPSA) is 55.1 Å². The van der Waals surface area contributed by atoms with Gasteiger partial charge in [0.15, 0.2) is 5.78 Å². The lowest BCUT2D eigenvalue weighted by Gasteiger charge is -2.21. The zero-order valence-corrected chi connectivity index (χ0v) is 9.17. The molecule has 2 rings (SSSR count). The van der Waals surface area contributed by atoms with Gasteiger partial charge >= 0.3 is 0 Å². The van der Waals surface area contributed by atoms with Gasteiger partial charge in [-0.3, -0.25) is 4.79 Å². The normalized spacial score (nSPS) is 18.0. The van der Waals surface area contributed by atoms with Crippen molar-refractivity contribution in [2.24, 2.45) is 5.92 Å². The number of nitrogens with one attached hydrogen (secondary N) is 1. The minimum Gasteiger partial charge on any atom is -0.361 e. The van der Waals surface area contributed by atoms with Gasteiger partial charge in [-0.15, -0.1) is 0 Å². The number of aryl methyl sites for hydroxylation is 2. The van der Waals surface area contributed by atoms with Gasteiger partial charge in [-0.25, -0.2) is 0 Å². The Morgan fingerprint density at radius 3 is 2.60 bits per heavy atom. The fourth-order valence-electron chi connectivity index (χ4n) is 2.12. The lowest BCUT2D eigenvalue weighted by Crippen LogP contribution is -2.32. The van der Waals surface area contributed by atoms with Crippen molar-refractivity contribution in [3.8, 4) is 0 Å². The Labute approximate surface area is 89.0 Å². The molecule has 0 bridgehead atoms. The van der Waals surface area contributed by atoms with E-state index in [0.717, 1.165) is 31.6 Å². The first-order valence-corrected chi connectivity index (χ1v) is 5.38. The molecule has 0 atom stereocenters. The molecule has 0 amide bonds. The van der Waals surface area contributed by atoms with Crippen LogP contribution in [0.3, 0.4) is 0 Å². The summed E-state index contributed by atoms with van der Waals surface area (Å²) >= 11 is 0. The highest BCUT2D eigenvalue weighted by molar-refractivity contribution is 5.99. The van der Waals surface area contributed by atoms with E-state index >= 15 is 0 Å². The molecule has 4 heteroatoms. The molecule has 1 aromatic rings. The number of hydrogen-bond acceptors (Lipinski definition) is 4. The predicted octanol–water partition coefficient (Wildman–Crippen LogP) is 1.47. The van der Waals surface area contributed by atoms with Gasteiger partial charge in [-0.05, 0) is 39.8 Å². The quantitative estimate of drug-likeness (QED) is 0.748. The largest absolute Gasteiger partial charge is 0.361 e. The Hall–Kier alpha value is -1.16. The van der Waals surface area contributed by atoms with Crippen molar-refractivity contribution in [1.29, 1.82) is 0 Å². The fourth-order valence-corrected chi connectivity index (χ4v) is 2.12. The smallest absolute Gasteiger partial charge is 0.171 e. The van der Waals surface area contributed by atoms with Gasteiger partial charge in [0.05, 0.1) is 11.3 Å². The second-order valence-corrected chi connectivity index (χ2v) is 4.09. The Kier molecular flexibility index (Phi) is 2.86. The van der Waals surface area contributed by atoms with E-state index in [4.69, 9.17) is 4.52 Å². The first-order valence-electron chi connectivity index (χ1n) is 5.38. The van der Waals surface area contributed by atoms with Crippen LogP contribution in [0.2, 0.25) is 0 Å². The lowest BCUT2D eigenvalue weighted by atomic mass is 9.89. The van der Waals surface area contributed by atoms with E-state index < -0.39 is 0 Å². The van der Waals surface area contributed by atoms with E-state index in [1.165, 1.54) is 0 Å². The van der Waals surface area contributed by atoms with Crippen molar-refractivity contribution in [2.45, 2.75) is 26.7 Å². The van der Waals surface area contributed by atoms with Crippen LogP contribution < -0.4 is 5.32 Å². The summed E-state index contributed by atoms with van der Waals surface area (Å²) in [6, 6.07) is 0. The summed E-state index contributed by atoms with van der Waals surface area (Å²) < 4.78 is 5.02. The summed E-state index contributed by atoms with van der Waals surface area (Å²) in [6.45, 7) is 5.48. The number of aromatic nitrogens is 1. The van der Waals surface area contributed by atoms with Crippen molar-refractivity contribution >= 4 is 5.78 Å². The number of ketones is 1. The van der Waals surface area contributed by atoms with Gasteiger partial charge in [0.25, 0.3) is 0 Å². The van der Waals surface area contributed by atoms with Gasteiger partial charge < -0.3 is 9.84 Å². The van der Waals surface area contributed by atoms with Gasteiger partial charge in [0.2, 0.25) is 0 Å². The van der Waals surface area contributed by atoms with Gasteiger partial charge in [-0.2, -0.15) is 0 Å². The number of Topliss-reactive ketones (excluding diaryl/α,β-unsaturated/α-hetero) is 1. The van der Waals surface area contributed by atoms with E-state index in [0.29, 0.717) is 11.3 Å². The molecule has 0 aromatic carbocycles. The molecule has 0 unspecified atom stereocenters. The Morgan fingerprint density at radius 2 is 2.07 bits per heavy atom. The summed E-state index contributed by atoms with van der Waals surface area (Å²) in [5.41, 5.74) is 1.41. The zero-order valence-electron chi connectivity index (χ0n) is 9.17. The van der Waals surface area contributed by atoms with Crippen molar-refractivity contribution in [1.82, 2.24) is 10.5 Å². The molecule has 0 radical (unpaired) electrons. The number of piperidine rings is 1. The van der Waals surface area contributed by atoms with E-state index in [9.17, 15) is 4.79 Å². The molecule has 1 N–H and O–H groups in total. The van der Waals surface area contributed by atoms with Gasteiger partial charge in [0.1, 0.15) is 5.76 Å². The van der Waals surface area contributed by atoms with Crippen LogP contribution in [0.1, 0.15) is 34.7 Å². The molecular weight excluding hydrogens is 192 g/mol. The van der Waals surface area contributed by atoms with Crippen molar-refractivity contribution in [2.75, 3.05) is 13.1 Å². The second kappa shape index (κ2) is 4.14. The maximum atomic E-state index is 12.2. The number of nitrogens with zero attached hydrogens (tertiary/aromatic N) is 1. The van der Waals surface area contributed by atoms with Crippen LogP contribution in [0.25, 0.3) is 0 Å². The predicted molar refractivity (Wildman–Crippen MR) is 55.9 cm³/mol. The Morgan fingerprint density at radius 1 is 1.40 bits per heavy atom. The zero-order chi connectivity index (χ0) is 10.8. The maximum Gasteiger partial charge on any atom is 0.171 e. The molecule has 1 aliphatic heterocycles. The van der Waals surface area contributed by atoms with Gasteiger partial charge in [0, 0.05) is 5.92 Å². The first-order chi connectivity index (χ1) is 7.20. The first kappa shape index (κ1) is 10.4. The van der Waals surface area contributed by atoms with E-state index in [-0.39, 0.29) is 11.7 Å². The standard InChI is InChI=1S/C11H16N2O2/c1-7-10(8(2)15-13-7)11(14)9-3-5-12-6-4-9/h9,12H,3-6H2,1-2H3. The SMILES string of the molecule is Cc1noc(C)c1C(=O)C1CCNCC1. The summed E-state index contributed by atoms with van der Waals surface area (Å²) in [6.07, 6.45) is 1.84. The van der Waals surface area contributed by atoms with Crippen molar-refractivity contribution in [3.05, 3.63) is 17.0 Å². The number of carbonyl (C=O) groups is 1. The number of rotatable bonds is 2. The van der Waals surface area contributed by atoms with Crippen LogP contribution in [0.5, 0.6) is 0 Å². The summed E-state index contributed by atoms with van der Waals surface area (Å²) in [5, 5.41) is 7.07. The average Bonchev–Trinajstić information content (AvgIpc) is 2.59. The molecular formula is C11H16N2O2. The summed E-state index contributed by atoms with van der Waals surface area (Å²) in [7, 11) is 0. The highest BCUT2D eigenvalue weighted by Gasteiger charge is 2.26. The highest BCUT2D eigenvalue weighted by atomic mass is 16.5. The molecule has 0 spiro atoms. The Bertz CT molecular complexity index is 345. The van der Waals surface area contributed by atoms with E-state index in [1.54, 1.807) is 6.92 Å². The molecule has 2 heterocycles. The molecule has 15 heavy (non-hydrogen) atoms. The van der Waals surface area contributed by atoms with Crippen LogP contribution in [-0.4, -0.2) is 24.0 Å². The highest BCUT2D eigenvalue weighted by Crippen LogP contribution is 2.22. The monoisotopic (exact) mass is 208 g/mol. The van der Waals surface area contributed by atoms with E-state index in [2.05, 4.69) is 10.5 Å². The summed E-state index contributed by atoms with van der Waals surface area (Å²) in [5.74, 6) is 0.992. The third-order valence-electron chi connectivity index (χ3n) is 2.99. The Balaban J connectivity index is 2.19.